The highest BCUT2D eigenvalue weighted by Gasteiger charge is 2.49. The van der Waals surface area contributed by atoms with Gasteiger partial charge < -0.3 is 34.9 Å². The highest BCUT2D eigenvalue weighted by atomic mass is 31.2. The molecule has 0 aromatic heterocycles. The number of esters is 2. The number of rotatable bonds is 15. The van der Waals surface area contributed by atoms with E-state index in [-0.39, 0.29) is 38.7 Å². The van der Waals surface area contributed by atoms with Crippen molar-refractivity contribution in [3.8, 4) is 0 Å². The number of benzene rings is 1. The van der Waals surface area contributed by atoms with Crippen LogP contribution in [0.3, 0.4) is 0 Å². The van der Waals surface area contributed by atoms with Gasteiger partial charge in [-0.15, -0.1) is 0 Å². The van der Waals surface area contributed by atoms with E-state index in [1.54, 1.807) is 53.7 Å². The minimum absolute atomic E-state index is 0.0232. The summed E-state index contributed by atoms with van der Waals surface area (Å²) < 4.78 is 48.6. The van der Waals surface area contributed by atoms with E-state index in [1.807, 2.05) is 18.2 Å². The summed E-state index contributed by atoms with van der Waals surface area (Å²) in [5.74, 6) is -2.24. The molecule has 1 aromatic carbocycles. The van der Waals surface area contributed by atoms with Crippen LogP contribution in [0, 0.1) is 11.3 Å². The fourth-order valence-electron chi connectivity index (χ4n) is 3.80. The Morgan fingerprint density at radius 3 is 2.35 bits per heavy atom. The van der Waals surface area contributed by atoms with E-state index in [1.165, 1.54) is 7.11 Å². The smallest absolute Gasteiger partial charge is 0.469 e. The Morgan fingerprint density at radius 1 is 1.04 bits per heavy atom. The van der Waals surface area contributed by atoms with Gasteiger partial charge >= 0.3 is 31.9 Å². The Balaban J connectivity index is 1.81. The number of alkyl carbamates (subject to hydrolysis) is 2. The fourth-order valence-corrected chi connectivity index (χ4v) is 5.31. The summed E-state index contributed by atoms with van der Waals surface area (Å²) in [6, 6.07) is 8.02. The van der Waals surface area contributed by atoms with E-state index in [9.17, 15) is 28.5 Å². The minimum atomic E-state index is -4.32. The van der Waals surface area contributed by atoms with Crippen LogP contribution in [0.25, 0.3) is 0 Å². The van der Waals surface area contributed by atoms with Crippen molar-refractivity contribution in [2.45, 2.75) is 72.3 Å². The molecule has 1 aromatic rings. The van der Waals surface area contributed by atoms with Gasteiger partial charge in [-0.05, 0) is 25.3 Å². The first-order valence-corrected chi connectivity index (χ1v) is 15.9. The first kappa shape index (κ1) is 38.5. The number of ether oxygens (including phenoxy) is 4. The van der Waals surface area contributed by atoms with Crippen molar-refractivity contribution < 1.29 is 61.1 Å². The molecule has 0 aliphatic carbocycles. The summed E-state index contributed by atoms with van der Waals surface area (Å²) in [5.41, 5.74) is -1.26. The number of hydrogen-bond donors (Lipinski definition) is 3. The van der Waals surface area contributed by atoms with Crippen LogP contribution in [0.1, 0.15) is 53.5 Å². The van der Waals surface area contributed by atoms with Crippen molar-refractivity contribution in [3.63, 3.8) is 0 Å². The molecule has 0 radical (unpaired) electrons. The molecule has 3 amide bonds. The number of carbonyl (C=O) groups excluding carboxylic acids is 5. The predicted octanol–water partition coefficient (Wildman–Crippen LogP) is 3.19. The fraction of sp³-hybridized carbons (Fsp3) is 0.621. The number of nitrogens with one attached hydrogen (secondary N) is 3. The molecule has 1 aliphatic heterocycles. The van der Waals surface area contributed by atoms with Crippen LogP contribution in [-0.2, 0) is 58.1 Å². The topological polar surface area (TPSA) is 203 Å². The summed E-state index contributed by atoms with van der Waals surface area (Å²) in [5, 5.41) is 7.49. The van der Waals surface area contributed by atoms with Crippen molar-refractivity contribution in [3.05, 3.63) is 35.9 Å². The van der Waals surface area contributed by atoms with Crippen LogP contribution < -0.4 is 16.0 Å². The van der Waals surface area contributed by atoms with Crippen LogP contribution in [-0.4, -0.2) is 81.4 Å². The molecule has 16 nitrogen and oxygen atoms in total. The van der Waals surface area contributed by atoms with Crippen LogP contribution >= 0.6 is 7.82 Å². The van der Waals surface area contributed by atoms with Gasteiger partial charge in [0.25, 0.3) is 0 Å². The van der Waals surface area contributed by atoms with E-state index < -0.39 is 67.7 Å². The van der Waals surface area contributed by atoms with Gasteiger partial charge in [-0.3, -0.25) is 18.6 Å². The van der Waals surface area contributed by atoms with E-state index in [4.69, 9.17) is 27.8 Å². The Bertz CT molecular complexity index is 1260. The van der Waals surface area contributed by atoms with Crippen molar-refractivity contribution in [1.82, 2.24) is 16.0 Å². The lowest BCUT2D eigenvalue weighted by Crippen LogP contribution is -2.51. The molecule has 3 atom stereocenters. The predicted molar refractivity (Wildman–Crippen MR) is 161 cm³/mol. The van der Waals surface area contributed by atoms with E-state index in [0.717, 1.165) is 5.56 Å². The van der Waals surface area contributed by atoms with Crippen LogP contribution in [0.4, 0.5) is 9.59 Å². The summed E-state index contributed by atoms with van der Waals surface area (Å²) >= 11 is 0. The molecular weight excluding hydrogens is 629 g/mol. The third-order valence-corrected chi connectivity index (χ3v) is 7.79. The van der Waals surface area contributed by atoms with E-state index in [2.05, 4.69) is 20.7 Å². The second kappa shape index (κ2) is 17.3. The zero-order chi connectivity index (χ0) is 34.5. The second-order valence-electron chi connectivity index (χ2n) is 12.0. The molecular formula is C29H44N3O13P. The molecule has 1 aliphatic rings. The average molecular weight is 674 g/mol. The molecule has 0 bridgehead atoms. The monoisotopic (exact) mass is 673 g/mol. The Labute approximate surface area is 268 Å². The molecule has 2 rings (SSSR count). The van der Waals surface area contributed by atoms with Crippen LogP contribution in [0.15, 0.2) is 30.3 Å². The molecule has 1 heterocycles. The van der Waals surface area contributed by atoms with Gasteiger partial charge in [0.15, 0.2) is 6.10 Å². The van der Waals surface area contributed by atoms with Gasteiger partial charge in [-0.2, -0.15) is 0 Å². The van der Waals surface area contributed by atoms with Crippen molar-refractivity contribution in [2.75, 3.05) is 33.7 Å². The highest BCUT2D eigenvalue weighted by Crippen LogP contribution is 2.57. The normalized spacial score (nSPS) is 19.7. The van der Waals surface area contributed by atoms with Gasteiger partial charge in [0.05, 0.1) is 25.7 Å². The number of hydrogen-bond acceptors (Lipinski definition) is 13. The number of amides is 3. The quantitative estimate of drug-likeness (QED) is 0.106. The standard InChI is InChI=1S/C29H44N3O13P/c1-19(2)22(31-26(36)40-15-20-11-9-8-10-12-20)25(35)41-17-29(5,6)32-27(37)42-18-44-46(38)43-16-28(3,4)23(45-46)24(34)30-14-13-21(33)39-7/h8-12,19,22-23H,13-18H2,1-7H3,(H,30,34)(H,31,36)(H,32,37)/t22-,23-,46?/m0/s1. The molecule has 258 valence electrons. The zero-order valence-corrected chi connectivity index (χ0v) is 28.0. The van der Waals surface area contributed by atoms with Gasteiger partial charge in [0, 0.05) is 12.0 Å². The number of phosphoric ester groups is 1. The number of phosphoric acid groups is 1. The number of carbonyl (C=O) groups is 5. The second-order valence-corrected chi connectivity index (χ2v) is 13.7. The molecule has 46 heavy (non-hydrogen) atoms. The van der Waals surface area contributed by atoms with Gasteiger partial charge in [0.2, 0.25) is 12.7 Å². The maximum atomic E-state index is 13.0. The molecule has 0 spiro atoms. The summed E-state index contributed by atoms with van der Waals surface area (Å²) in [4.78, 5) is 61.4. The van der Waals surface area contributed by atoms with Crippen molar-refractivity contribution >= 4 is 37.9 Å². The molecule has 3 N–H and O–H groups in total. The molecule has 1 fully saturated rings. The van der Waals surface area contributed by atoms with Gasteiger partial charge in [0.1, 0.15) is 19.3 Å². The van der Waals surface area contributed by atoms with Gasteiger partial charge in [-0.25, -0.2) is 23.5 Å². The summed E-state index contributed by atoms with van der Waals surface area (Å²) in [6.45, 7) is 8.50. The van der Waals surface area contributed by atoms with Crippen LogP contribution in [0.5, 0.6) is 0 Å². The Kier molecular flexibility index (Phi) is 14.4. The minimum Gasteiger partial charge on any atom is -0.469 e. The summed E-state index contributed by atoms with van der Waals surface area (Å²) in [6.07, 6.45) is -3.14. The Morgan fingerprint density at radius 2 is 1.72 bits per heavy atom. The lowest BCUT2D eigenvalue weighted by atomic mass is 9.87. The van der Waals surface area contributed by atoms with Gasteiger partial charge in [-0.1, -0.05) is 58.0 Å². The molecule has 0 saturated carbocycles. The SMILES string of the molecule is COC(=O)CCNC(=O)[C@@H]1OP(=O)(OCOC(=O)NC(C)(C)COC(=O)[C@@H](NC(=O)OCc2ccccc2)C(C)C)OCC1(C)C. The van der Waals surface area contributed by atoms with Crippen molar-refractivity contribution in [2.24, 2.45) is 11.3 Å². The molecule has 17 heteroatoms. The third-order valence-electron chi connectivity index (χ3n) is 6.46. The first-order chi connectivity index (χ1) is 21.5. The van der Waals surface area contributed by atoms with E-state index >= 15 is 0 Å². The van der Waals surface area contributed by atoms with Crippen molar-refractivity contribution in [1.29, 1.82) is 0 Å². The maximum Gasteiger partial charge on any atom is 0.478 e. The highest BCUT2D eigenvalue weighted by molar-refractivity contribution is 7.48. The molecule has 1 saturated heterocycles. The lowest BCUT2D eigenvalue weighted by molar-refractivity contribution is -0.149. The lowest BCUT2D eigenvalue weighted by Gasteiger charge is -2.39. The molecule has 1 unspecified atom stereocenters. The van der Waals surface area contributed by atoms with Crippen LogP contribution in [0.2, 0.25) is 0 Å². The number of methoxy groups -OCH3 is 1. The largest absolute Gasteiger partial charge is 0.478 e. The van der Waals surface area contributed by atoms with E-state index in [0.29, 0.717) is 0 Å². The maximum absolute atomic E-state index is 13.0. The zero-order valence-electron chi connectivity index (χ0n) is 27.1. The summed E-state index contributed by atoms with van der Waals surface area (Å²) in [7, 11) is -3.10. The third kappa shape index (κ3) is 12.9. The Hall–Kier alpha value is -3.72. The average Bonchev–Trinajstić information content (AvgIpc) is 2.99. The first-order valence-electron chi connectivity index (χ1n) is 14.5.